The van der Waals surface area contributed by atoms with Crippen LogP contribution in [0.3, 0.4) is 0 Å². The highest BCUT2D eigenvalue weighted by Crippen LogP contribution is 2.45. The molecule has 0 unspecified atom stereocenters. The molecule has 2 nitrogen and oxygen atoms in total. The second-order valence-electron chi connectivity index (χ2n) is 12.9. The highest BCUT2D eigenvalue weighted by Gasteiger charge is 2.41. The lowest BCUT2D eigenvalue weighted by atomic mass is 9.98. The van der Waals surface area contributed by atoms with E-state index in [1.165, 1.54) is 26.3 Å². The summed E-state index contributed by atoms with van der Waals surface area (Å²) in [7, 11) is -2.66. The number of benzene rings is 8. The molecule has 0 bridgehead atoms. The first-order valence-corrected chi connectivity index (χ1v) is 19.4. The van der Waals surface area contributed by atoms with Crippen LogP contribution in [0.1, 0.15) is 0 Å². The van der Waals surface area contributed by atoms with Crippen molar-refractivity contribution in [1.29, 1.82) is 0 Å². The molecular weight excluding hydrogens is 635 g/mol. The maximum absolute atomic E-state index is 6.79. The topological polar surface area (TPSA) is 16.4 Å². The van der Waals surface area contributed by atoms with Crippen LogP contribution < -0.4 is 25.6 Å². The second-order valence-corrected chi connectivity index (χ2v) is 16.7. The number of anilines is 3. The minimum absolute atomic E-state index is 0.868. The summed E-state index contributed by atoms with van der Waals surface area (Å²) in [4.78, 5) is 2.33. The fraction of sp³-hybridized carbons (Fsp3) is 0. The van der Waals surface area contributed by atoms with Crippen LogP contribution in [0.4, 0.5) is 17.1 Å². The van der Waals surface area contributed by atoms with Crippen molar-refractivity contribution in [3.05, 3.63) is 212 Å². The lowest BCUT2D eigenvalue weighted by Gasteiger charge is -2.35. The van der Waals surface area contributed by atoms with Gasteiger partial charge in [-0.2, -0.15) is 0 Å². The standard InChI is InChI=1S/C48H35NOSi/c1-6-18-36(19-7-1)43-34-35-45(48-47(43)44-28-16-17-29-46(44)50-48)49(37-20-8-2-9-21-37)38-30-32-42(33-31-38)51(39-22-10-3-11-23-39,40-24-12-4-13-25-40)41-26-14-5-15-27-41/h1-35H. The summed E-state index contributed by atoms with van der Waals surface area (Å²) in [5, 5.41) is 7.63. The van der Waals surface area contributed by atoms with Crippen molar-refractivity contribution < 1.29 is 4.42 Å². The van der Waals surface area contributed by atoms with Gasteiger partial charge in [-0.3, -0.25) is 0 Å². The molecule has 0 atom stereocenters. The summed E-state index contributed by atoms with van der Waals surface area (Å²) in [6, 6.07) is 76.6. The minimum Gasteiger partial charge on any atom is -0.454 e. The number of furan rings is 1. The molecule has 9 rings (SSSR count). The zero-order valence-electron chi connectivity index (χ0n) is 28.1. The molecule has 0 N–H and O–H groups in total. The van der Waals surface area contributed by atoms with Crippen LogP contribution in [-0.4, -0.2) is 8.07 Å². The Morgan fingerprint density at radius 1 is 0.373 bits per heavy atom. The Hall–Kier alpha value is -6.42. The molecule has 0 saturated heterocycles. The summed E-state index contributed by atoms with van der Waals surface area (Å²) < 4.78 is 6.79. The van der Waals surface area contributed by atoms with Crippen molar-refractivity contribution in [3.8, 4) is 11.1 Å². The summed E-state index contributed by atoms with van der Waals surface area (Å²) in [6.07, 6.45) is 0. The third-order valence-electron chi connectivity index (χ3n) is 10.0. The Morgan fingerprint density at radius 2 is 0.824 bits per heavy atom. The molecule has 1 heterocycles. The fourth-order valence-corrected chi connectivity index (χ4v) is 12.5. The van der Waals surface area contributed by atoms with Crippen molar-refractivity contribution in [2.75, 3.05) is 4.90 Å². The van der Waals surface area contributed by atoms with Crippen LogP contribution >= 0.6 is 0 Å². The first kappa shape index (κ1) is 30.6. The van der Waals surface area contributed by atoms with Gasteiger partial charge in [0.15, 0.2) is 13.7 Å². The summed E-state index contributed by atoms with van der Waals surface area (Å²) >= 11 is 0. The Morgan fingerprint density at radius 3 is 1.39 bits per heavy atom. The summed E-state index contributed by atoms with van der Waals surface area (Å²) in [5.74, 6) is 0. The predicted molar refractivity (Wildman–Crippen MR) is 217 cm³/mol. The number of para-hydroxylation sites is 2. The third-order valence-corrected chi connectivity index (χ3v) is 14.8. The van der Waals surface area contributed by atoms with Crippen molar-refractivity contribution in [3.63, 3.8) is 0 Å². The predicted octanol–water partition coefficient (Wildman–Crippen LogP) is 10.1. The first-order chi connectivity index (χ1) is 25.3. The van der Waals surface area contributed by atoms with E-state index in [4.69, 9.17) is 4.42 Å². The number of hydrogen-bond donors (Lipinski definition) is 0. The van der Waals surface area contributed by atoms with Crippen LogP contribution in [0.15, 0.2) is 217 Å². The van der Waals surface area contributed by atoms with E-state index >= 15 is 0 Å². The number of rotatable bonds is 8. The molecule has 242 valence electrons. The van der Waals surface area contributed by atoms with Gasteiger partial charge in [-0.15, -0.1) is 0 Å². The van der Waals surface area contributed by atoms with E-state index in [0.29, 0.717) is 0 Å². The van der Waals surface area contributed by atoms with Gasteiger partial charge < -0.3 is 9.32 Å². The second kappa shape index (κ2) is 13.1. The third kappa shape index (κ3) is 5.27. The molecule has 0 aliphatic rings. The normalized spacial score (nSPS) is 11.5. The molecule has 9 aromatic rings. The number of fused-ring (bicyclic) bond motifs is 3. The molecule has 51 heavy (non-hydrogen) atoms. The first-order valence-electron chi connectivity index (χ1n) is 17.4. The molecule has 8 aromatic carbocycles. The maximum Gasteiger partial charge on any atom is 0.179 e. The highest BCUT2D eigenvalue weighted by atomic mass is 28.3. The Kier molecular flexibility index (Phi) is 7.88. The molecule has 0 aliphatic carbocycles. The molecule has 0 aliphatic heterocycles. The fourth-order valence-electron chi connectivity index (χ4n) is 7.78. The minimum atomic E-state index is -2.66. The van der Waals surface area contributed by atoms with Crippen molar-refractivity contribution >= 4 is 67.8 Å². The van der Waals surface area contributed by atoms with E-state index in [2.05, 4.69) is 211 Å². The molecule has 0 saturated carbocycles. The van der Waals surface area contributed by atoms with E-state index < -0.39 is 8.07 Å². The zero-order valence-corrected chi connectivity index (χ0v) is 29.1. The van der Waals surface area contributed by atoms with Gasteiger partial charge in [-0.25, -0.2) is 0 Å². The van der Waals surface area contributed by atoms with Crippen LogP contribution in [0.5, 0.6) is 0 Å². The van der Waals surface area contributed by atoms with E-state index in [9.17, 15) is 0 Å². The van der Waals surface area contributed by atoms with Crippen molar-refractivity contribution in [1.82, 2.24) is 0 Å². The molecule has 0 spiro atoms. The molecule has 1 aromatic heterocycles. The lowest BCUT2D eigenvalue weighted by Crippen LogP contribution is -2.74. The van der Waals surface area contributed by atoms with Crippen LogP contribution in [-0.2, 0) is 0 Å². The Labute approximate surface area is 299 Å². The zero-order chi connectivity index (χ0) is 34.0. The van der Waals surface area contributed by atoms with Crippen molar-refractivity contribution in [2.24, 2.45) is 0 Å². The van der Waals surface area contributed by atoms with E-state index in [-0.39, 0.29) is 0 Å². The summed E-state index contributed by atoms with van der Waals surface area (Å²) in [6.45, 7) is 0. The largest absolute Gasteiger partial charge is 0.454 e. The quantitative estimate of drug-likeness (QED) is 0.118. The lowest BCUT2D eigenvalue weighted by molar-refractivity contribution is 0.669. The van der Waals surface area contributed by atoms with Gasteiger partial charge in [-0.05, 0) is 68.3 Å². The number of nitrogens with zero attached hydrogens (tertiary/aromatic N) is 1. The average Bonchev–Trinajstić information content (AvgIpc) is 3.61. The van der Waals surface area contributed by atoms with Gasteiger partial charge in [0.2, 0.25) is 0 Å². The van der Waals surface area contributed by atoms with Crippen LogP contribution in [0.25, 0.3) is 33.1 Å². The van der Waals surface area contributed by atoms with E-state index in [0.717, 1.165) is 44.6 Å². The van der Waals surface area contributed by atoms with Crippen molar-refractivity contribution in [2.45, 2.75) is 0 Å². The maximum atomic E-state index is 6.79. The van der Waals surface area contributed by atoms with Gasteiger partial charge >= 0.3 is 0 Å². The Balaban J connectivity index is 1.27. The molecule has 0 radical (unpaired) electrons. The number of hydrogen-bond acceptors (Lipinski definition) is 2. The van der Waals surface area contributed by atoms with E-state index in [1.54, 1.807) is 0 Å². The van der Waals surface area contributed by atoms with Gasteiger partial charge in [0.1, 0.15) is 5.58 Å². The van der Waals surface area contributed by atoms with Gasteiger partial charge in [0.25, 0.3) is 0 Å². The van der Waals surface area contributed by atoms with Gasteiger partial charge in [-0.1, -0.05) is 176 Å². The highest BCUT2D eigenvalue weighted by molar-refractivity contribution is 7.19. The molecule has 0 fully saturated rings. The molecule has 0 amide bonds. The molecular formula is C48H35NOSi. The van der Waals surface area contributed by atoms with Gasteiger partial charge in [0.05, 0.1) is 5.69 Å². The SMILES string of the molecule is c1ccc(-c2ccc(N(c3ccccc3)c3ccc([Si](c4ccccc4)(c4ccccc4)c4ccccc4)cc3)c3oc4ccccc4c23)cc1. The average molecular weight is 670 g/mol. The summed E-state index contributed by atoms with van der Waals surface area (Å²) in [5.41, 5.74) is 7.20. The van der Waals surface area contributed by atoms with E-state index in [1.807, 2.05) is 6.07 Å². The van der Waals surface area contributed by atoms with Gasteiger partial charge in [0, 0.05) is 22.1 Å². The van der Waals surface area contributed by atoms with Crippen LogP contribution in [0, 0.1) is 0 Å². The monoisotopic (exact) mass is 669 g/mol. The molecule has 3 heteroatoms. The Bertz CT molecular complexity index is 2450. The smallest absolute Gasteiger partial charge is 0.179 e. The van der Waals surface area contributed by atoms with Crippen LogP contribution in [0.2, 0.25) is 0 Å².